The SMILES string of the molecule is CC(=CC(=O)N1CCNCC1C)c1ccc(F)cc1F. The van der Waals surface area contributed by atoms with Crippen molar-refractivity contribution in [1.29, 1.82) is 0 Å². The summed E-state index contributed by atoms with van der Waals surface area (Å²) in [4.78, 5) is 13.9. The molecule has 1 fully saturated rings. The Morgan fingerprint density at radius 1 is 1.45 bits per heavy atom. The molecule has 108 valence electrons. The van der Waals surface area contributed by atoms with E-state index in [-0.39, 0.29) is 17.5 Å². The van der Waals surface area contributed by atoms with Gasteiger partial charge in [0.25, 0.3) is 0 Å². The molecule has 20 heavy (non-hydrogen) atoms. The number of nitrogens with zero attached hydrogens (tertiary/aromatic N) is 1. The van der Waals surface area contributed by atoms with Gasteiger partial charge in [0.05, 0.1) is 0 Å². The quantitative estimate of drug-likeness (QED) is 0.842. The van der Waals surface area contributed by atoms with E-state index in [1.165, 1.54) is 18.2 Å². The third-order valence-corrected chi connectivity index (χ3v) is 3.48. The molecule has 1 aliphatic rings. The highest BCUT2D eigenvalue weighted by Gasteiger charge is 2.21. The van der Waals surface area contributed by atoms with Crippen LogP contribution in [0.25, 0.3) is 5.57 Å². The Labute approximate surface area is 117 Å². The number of benzene rings is 1. The number of rotatable bonds is 2. The van der Waals surface area contributed by atoms with E-state index in [0.29, 0.717) is 12.1 Å². The summed E-state index contributed by atoms with van der Waals surface area (Å²) >= 11 is 0. The van der Waals surface area contributed by atoms with Crippen molar-refractivity contribution in [2.75, 3.05) is 19.6 Å². The van der Waals surface area contributed by atoms with Crippen molar-refractivity contribution in [3.63, 3.8) is 0 Å². The first kappa shape index (κ1) is 14.7. The largest absolute Gasteiger partial charge is 0.334 e. The van der Waals surface area contributed by atoms with Gasteiger partial charge in [0.15, 0.2) is 0 Å². The maximum atomic E-state index is 13.7. The molecule has 1 aromatic carbocycles. The Bertz CT molecular complexity index is 543. The summed E-state index contributed by atoms with van der Waals surface area (Å²) in [7, 11) is 0. The Hall–Kier alpha value is -1.75. The number of carbonyl (C=O) groups is 1. The standard InChI is InChI=1S/C15H18F2N2O/c1-10(13-4-3-12(16)8-14(13)17)7-15(20)19-6-5-18-9-11(19)2/h3-4,7-8,11,18H,5-6,9H2,1-2H3. The maximum absolute atomic E-state index is 13.7. The zero-order valence-electron chi connectivity index (χ0n) is 11.6. The Balaban J connectivity index is 2.18. The lowest BCUT2D eigenvalue weighted by atomic mass is 10.1. The number of amides is 1. The highest BCUT2D eigenvalue weighted by atomic mass is 19.1. The average Bonchev–Trinajstić information content (AvgIpc) is 2.38. The lowest BCUT2D eigenvalue weighted by Crippen LogP contribution is -2.51. The third-order valence-electron chi connectivity index (χ3n) is 3.48. The summed E-state index contributed by atoms with van der Waals surface area (Å²) in [5, 5.41) is 3.20. The van der Waals surface area contributed by atoms with Crippen LogP contribution < -0.4 is 5.32 Å². The van der Waals surface area contributed by atoms with Crippen LogP contribution in [0.3, 0.4) is 0 Å². The van der Waals surface area contributed by atoms with Gasteiger partial charge in [-0.3, -0.25) is 4.79 Å². The molecule has 1 aliphatic heterocycles. The van der Waals surface area contributed by atoms with E-state index in [1.807, 2.05) is 6.92 Å². The van der Waals surface area contributed by atoms with Crippen molar-refractivity contribution in [3.05, 3.63) is 41.5 Å². The van der Waals surface area contributed by atoms with Gasteiger partial charge in [-0.1, -0.05) is 0 Å². The van der Waals surface area contributed by atoms with Crippen molar-refractivity contribution in [2.24, 2.45) is 0 Å². The highest BCUT2D eigenvalue weighted by molar-refractivity contribution is 5.95. The Kier molecular flexibility index (Phi) is 4.49. The van der Waals surface area contributed by atoms with Crippen LogP contribution in [0.2, 0.25) is 0 Å². The van der Waals surface area contributed by atoms with Gasteiger partial charge >= 0.3 is 0 Å². The molecule has 2 rings (SSSR count). The van der Waals surface area contributed by atoms with Crippen molar-refractivity contribution >= 4 is 11.5 Å². The van der Waals surface area contributed by atoms with Crippen LogP contribution in [0.4, 0.5) is 8.78 Å². The zero-order valence-corrected chi connectivity index (χ0v) is 11.6. The smallest absolute Gasteiger partial charge is 0.247 e. The first-order valence-corrected chi connectivity index (χ1v) is 6.64. The summed E-state index contributed by atoms with van der Waals surface area (Å²) in [6.07, 6.45) is 1.41. The molecule has 5 heteroatoms. The molecule has 0 spiro atoms. The summed E-state index contributed by atoms with van der Waals surface area (Å²) < 4.78 is 26.5. The Morgan fingerprint density at radius 3 is 2.85 bits per heavy atom. The van der Waals surface area contributed by atoms with E-state index in [1.54, 1.807) is 11.8 Å². The first-order valence-electron chi connectivity index (χ1n) is 6.64. The minimum atomic E-state index is -0.653. The van der Waals surface area contributed by atoms with Gasteiger partial charge in [0, 0.05) is 43.4 Å². The van der Waals surface area contributed by atoms with E-state index in [2.05, 4.69) is 5.32 Å². The fourth-order valence-corrected chi connectivity index (χ4v) is 2.32. The lowest BCUT2D eigenvalue weighted by Gasteiger charge is -2.33. The van der Waals surface area contributed by atoms with E-state index < -0.39 is 11.6 Å². The van der Waals surface area contributed by atoms with Crippen LogP contribution in [0.15, 0.2) is 24.3 Å². The number of hydrogen-bond acceptors (Lipinski definition) is 2. The van der Waals surface area contributed by atoms with Gasteiger partial charge < -0.3 is 10.2 Å². The van der Waals surface area contributed by atoms with E-state index in [4.69, 9.17) is 0 Å². The molecule has 0 aromatic heterocycles. The van der Waals surface area contributed by atoms with Crippen LogP contribution in [0.1, 0.15) is 19.4 Å². The molecule has 1 saturated heterocycles. The van der Waals surface area contributed by atoms with Crippen LogP contribution in [-0.4, -0.2) is 36.5 Å². The molecule has 3 nitrogen and oxygen atoms in total. The van der Waals surface area contributed by atoms with Crippen LogP contribution in [0, 0.1) is 11.6 Å². The number of halogens is 2. The summed E-state index contributed by atoms with van der Waals surface area (Å²) in [6, 6.07) is 3.47. The lowest BCUT2D eigenvalue weighted by molar-refractivity contribution is -0.128. The van der Waals surface area contributed by atoms with E-state index in [0.717, 1.165) is 19.2 Å². The highest BCUT2D eigenvalue weighted by Crippen LogP contribution is 2.19. The molecule has 1 atom stereocenters. The third kappa shape index (κ3) is 3.22. The molecule has 1 unspecified atom stereocenters. The number of nitrogens with one attached hydrogen (secondary N) is 1. The second-order valence-corrected chi connectivity index (χ2v) is 5.04. The first-order chi connectivity index (χ1) is 9.49. The van der Waals surface area contributed by atoms with Gasteiger partial charge in [0.1, 0.15) is 11.6 Å². The van der Waals surface area contributed by atoms with Crippen LogP contribution in [0.5, 0.6) is 0 Å². The summed E-state index contributed by atoms with van der Waals surface area (Å²) in [5.41, 5.74) is 0.751. The minimum Gasteiger partial charge on any atom is -0.334 e. The van der Waals surface area contributed by atoms with Crippen molar-refractivity contribution in [2.45, 2.75) is 19.9 Å². The zero-order chi connectivity index (χ0) is 14.7. The molecule has 1 aromatic rings. The normalized spacial score (nSPS) is 20.1. The summed E-state index contributed by atoms with van der Waals surface area (Å²) in [6.45, 7) is 5.76. The predicted octanol–water partition coefficient (Wildman–Crippen LogP) is 2.19. The average molecular weight is 280 g/mol. The van der Waals surface area contributed by atoms with E-state index >= 15 is 0 Å². The molecule has 0 aliphatic carbocycles. The van der Waals surface area contributed by atoms with Gasteiger partial charge in [-0.25, -0.2) is 8.78 Å². The molecule has 0 bridgehead atoms. The summed E-state index contributed by atoms with van der Waals surface area (Å²) in [5.74, 6) is -1.42. The molecule has 1 N–H and O–H groups in total. The Morgan fingerprint density at radius 2 is 2.20 bits per heavy atom. The number of carbonyl (C=O) groups excluding carboxylic acids is 1. The van der Waals surface area contributed by atoms with Gasteiger partial charge in [-0.05, 0) is 31.6 Å². The second-order valence-electron chi connectivity index (χ2n) is 5.04. The van der Waals surface area contributed by atoms with Crippen LogP contribution >= 0.6 is 0 Å². The topological polar surface area (TPSA) is 32.3 Å². The number of allylic oxidation sites excluding steroid dienone is 1. The van der Waals surface area contributed by atoms with Crippen LogP contribution in [-0.2, 0) is 4.79 Å². The maximum Gasteiger partial charge on any atom is 0.247 e. The fourth-order valence-electron chi connectivity index (χ4n) is 2.32. The molecule has 1 heterocycles. The molecule has 0 radical (unpaired) electrons. The number of piperazine rings is 1. The minimum absolute atomic E-state index is 0.110. The van der Waals surface area contributed by atoms with Crippen molar-refractivity contribution < 1.29 is 13.6 Å². The monoisotopic (exact) mass is 280 g/mol. The fraction of sp³-hybridized carbons (Fsp3) is 0.400. The van der Waals surface area contributed by atoms with E-state index in [9.17, 15) is 13.6 Å². The second kappa shape index (κ2) is 6.13. The van der Waals surface area contributed by atoms with Gasteiger partial charge in [-0.15, -0.1) is 0 Å². The molecule has 0 saturated carbocycles. The molecular weight excluding hydrogens is 262 g/mol. The van der Waals surface area contributed by atoms with Crippen molar-refractivity contribution in [1.82, 2.24) is 10.2 Å². The predicted molar refractivity (Wildman–Crippen MR) is 74.1 cm³/mol. The molecule has 1 amide bonds. The van der Waals surface area contributed by atoms with Crippen molar-refractivity contribution in [3.8, 4) is 0 Å². The van der Waals surface area contributed by atoms with Gasteiger partial charge in [-0.2, -0.15) is 0 Å². The number of hydrogen-bond donors (Lipinski definition) is 1. The van der Waals surface area contributed by atoms with Gasteiger partial charge in [0.2, 0.25) is 5.91 Å². The molecular formula is C15H18F2N2O.